The standard InChI is InChI=1S/C18H31N3O4S/c1-17(2,3)10-18(4,5)15(24)19-13-6-7-21(16(25)20-13)14-8-11(23)12(9-22)26-14/h6-7,11-12,14,16,22-23,25H,8-10H2,1-5H3,(H,19,20,24)/t11?,12-,14-,16?/m1/s1. The molecule has 2 rings (SSSR count). The Morgan fingerprint density at radius 3 is 2.50 bits per heavy atom. The van der Waals surface area contributed by atoms with Crippen molar-refractivity contribution in [2.75, 3.05) is 6.61 Å². The van der Waals surface area contributed by atoms with E-state index in [1.165, 1.54) is 11.8 Å². The van der Waals surface area contributed by atoms with Gasteiger partial charge in [-0.05, 0) is 17.9 Å². The molecule has 0 bridgehead atoms. The summed E-state index contributed by atoms with van der Waals surface area (Å²) in [5.41, 5.74) is -0.540. The average Bonchev–Trinajstić information content (AvgIpc) is 2.85. The van der Waals surface area contributed by atoms with Crippen molar-refractivity contribution < 1.29 is 20.1 Å². The van der Waals surface area contributed by atoms with E-state index < -0.39 is 17.9 Å². The predicted molar refractivity (Wildman–Crippen MR) is 103 cm³/mol. The molecular weight excluding hydrogens is 354 g/mol. The number of aliphatic imine (C=N–C) groups is 1. The first-order valence-corrected chi connectivity index (χ1v) is 9.84. The summed E-state index contributed by atoms with van der Waals surface area (Å²) in [4.78, 5) is 18.4. The third-order valence-corrected chi connectivity index (χ3v) is 6.03. The number of hydrogen-bond donors (Lipinski definition) is 4. The van der Waals surface area contributed by atoms with E-state index in [0.29, 0.717) is 12.3 Å². The molecule has 4 atom stereocenters. The summed E-state index contributed by atoms with van der Waals surface area (Å²) in [5, 5.41) is 31.9. The van der Waals surface area contributed by atoms with Gasteiger partial charge < -0.3 is 25.5 Å². The molecule has 0 aromatic heterocycles. The summed E-state index contributed by atoms with van der Waals surface area (Å²) in [7, 11) is 0. The second-order valence-electron chi connectivity index (χ2n) is 8.81. The molecule has 0 aliphatic carbocycles. The van der Waals surface area contributed by atoms with E-state index in [2.05, 4.69) is 31.1 Å². The van der Waals surface area contributed by atoms with Gasteiger partial charge in [0.1, 0.15) is 5.84 Å². The van der Waals surface area contributed by atoms with Crippen molar-refractivity contribution in [2.24, 2.45) is 15.8 Å². The van der Waals surface area contributed by atoms with Crippen molar-refractivity contribution in [2.45, 2.75) is 70.5 Å². The number of nitrogens with one attached hydrogen (secondary N) is 1. The van der Waals surface area contributed by atoms with Crippen molar-refractivity contribution in [3.8, 4) is 0 Å². The van der Waals surface area contributed by atoms with Crippen LogP contribution in [0.4, 0.5) is 0 Å². The lowest BCUT2D eigenvalue weighted by Gasteiger charge is -2.33. The van der Waals surface area contributed by atoms with E-state index in [1.54, 1.807) is 17.2 Å². The van der Waals surface area contributed by atoms with Crippen LogP contribution in [0.5, 0.6) is 0 Å². The number of hydrogen-bond acceptors (Lipinski definition) is 7. The third kappa shape index (κ3) is 5.22. The highest BCUT2D eigenvalue weighted by molar-refractivity contribution is 8.00. The van der Waals surface area contributed by atoms with Crippen LogP contribution in [0.2, 0.25) is 0 Å². The monoisotopic (exact) mass is 385 g/mol. The van der Waals surface area contributed by atoms with E-state index in [0.717, 1.165) is 6.42 Å². The SMILES string of the molecule is CC(C)(C)CC(C)(C)C(=O)NC1=NC(O)N([C@H]2CC(O)[C@@H](CO)S2)C=C1. The zero-order valence-corrected chi connectivity index (χ0v) is 17.0. The molecule has 1 saturated heterocycles. The molecule has 2 unspecified atom stereocenters. The zero-order chi connectivity index (χ0) is 19.7. The maximum Gasteiger partial charge on any atom is 0.231 e. The predicted octanol–water partition coefficient (Wildman–Crippen LogP) is 1.25. The van der Waals surface area contributed by atoms with Crippen molar-refractivity contribution >= 4 is 23.5 Å². The normalized spacial score (nSPS) is 29.7. The number of carbonyl (C=O) groups is 1. The van der Waals surface area contributed by atoms with Crippen molar-refractivity contribution in [1.29, 1.82) is 0 Å². The lowest BCUT2D eigenvalue weighted by Crippen LogP contribution is -2.45. The smallest absolute Gasteiger partial charge is 0.231 e. The van der Waals surface area contributed by atoms with Crippen LogP contribution in [-0.4, -0.2) is 61.6 Å². The Balaban J connectivity index is 1.98. The molecule has 1 fully saturated rings. The van der Waals surface area contributed by atoms with Gasteiger partial charge in [-0.15, -0.1) is 11.8 Å². The first kappa shape index (κ1) is 21.2. The fourth-order valence-corrected chi connectivity index (χ4v) is 4.95. The summed E-state index contributed by atoms with van der Waals surface area (Å²) in [5.74, 6) is 0.186. The van der Waals surface area contributed by atoms with Gasteiger partial charge in [0.05, 0.1) is 23.3 Å². The first-order chi connectivity index (χ1) is 11.9. The van der Waals surface area contributed by atoms with Gasteiger partial charge in [-0.2, -0.15) is 0 Å². The van der Waals surface area contributed by atoms with Crippen LogP contribution in [0.3, 0.4) is 0 Å². The van der Waals surface area contributed by atoms with Crippen molar-refractivity contribution in [3.05, 3.63) is 12.3 Å². The van der Waals surface area contributed by atoms with Gasteiger partial charge in [0.2, 0.25) is 12.3 Å². The molecule has 0 aromatic rings. The summed E-state index contributed by atoms with van der Waals surface area (Å²) in [6, 6.07) is 0. The molecule has 0 aromatic carbocycles. The lowest BCUT2D eigenvalue weighted by molar-refractivity contribution is -0.129. The van der Waals surface area contributed by atoms with Crippen LogP contribution in [-0.2, 0) is 4.79 Å². The molecular formula is C18H31N3O4S. The average molecular weight is 386 g/mol. The molecule has 0 radical (unpaired) electrons. The van der Waals surface area contributed by atoms with Crippen LogP contribution < -0.4 is 5.32 Å². The number of rotatable bonds is 4. The number of amides is 1. The van der Waals surface area contributed by atoms with E-state index in [9.17, 15) is 20.1 Å². The molecule has 2 aliphatic rings. The number of thioether (sulfide) groups is 1. The summed E-state index contributed by atoms with van der Waals surface area (Å²) >= 11 is 1.41. The highest BCUT2D eigenvalue weighted by Crippen LogP contribution is 2.37. The fraction of sp³-hybridized carbons (Fsp3) is 0.778. The third-order valence-electron chi connectivity index (χ3n) is 4.47. The second-order valence-corrected chi connectivity index (χ2v) is 10.2. The maximum atomic E-state index is 12.6. The molecule has 148 valence electrons. The van der Waals surface area contributed by atoms with Gasteiger partial charge in [-0.1, -0.05) is 34.6 Å². The lowest BCUT2D eigenvalue weighted by atomic mass is 9.75. The number of aliphatic hydroxyl groups excluding tert-OH is 3. The van der Waals surface area contributed by atoms with Gasteiger partial charge in [-0.25, -0.2) is 4.99 Å². The Labute approximate surface area is 159 Å². The van der Waals surface area contributed by atoms with Gasteiger partial charge in [0.25, 0.3) is 0 Å². The van der Waals surface area contributed by atoms with E-state index in [4.69, 9.17) is 0 Å². The Hall–Kier alpha value is -1.09. The van der Waals surface area contributed by atoms with Gasteiger partial charge >= 0.3 is 0 Å². The largest absolute Gasteiger partial charge is 0.395 e. The molecule has 8 heteroatoms. The second kappa shape index (κ2) is 7.88. The molecule has 2 heterocycles. The summed E-state index contributed by atoms with van der Waals surface area (Å²) in [6.45, 7) is 9.96. The van der Waals surface area contributed by atoms with Crippen LogP contribution in [0.1, 0.15) is 47.5 Å². The molecule has 2 aliphatic heterocycles. The number of carbonyl (C=O) groups excluding carboxylic acids is 1. The van der Waals surface area contributed by atoms with Crippen LogP contribution >= 0.6 is 11.8 Å². The molecule has 7 nitrogen and oxygen atoms in total. The zero-order valence-electron chi connectivity index (χ0n) is 16.1. The quantitative estimate of drug-likeness (QED) is 0.581. The molecule has 1 amide bonds. The highest BCUT2D eigenvalue weighted by atomic mass is 32.2. The minimum Gasteiger partial charge on any atom is -0.395 e. The molecule has 0 spiro atoms. The number of aliphatic hydroxyl groups is 3. The minimum absolute atomic E-state index is 0.0190. The van der Waals surface area contributed by atoms with E-state index in [1.807, 2.05) is 13.8 Å². The minimum atomic E-state index is -1.14. The molecule has 0 saturated carbocycles. The topological polar surface area (TPSA) is 105 Å². The Bertz CT molecular complexity index is 585. The van der Waals surface area contributed by atoms with Crippen LogP contribution in [0.15, 0.2) is 17.3 Å². The van der Waals surface area contributed by atoms with Gasteiger partial charge in [0, 0.05) is 18.0 Å². The summed E-state index contributed by atoms with van der Waals surface area (Å²) in [6.07, 6.45) is 2.73. The summed E-state index contributed by atoms with van der Waals surface area (Å²) < 4.78 is 0. The number of nitrogens with zero attached hydrogens (tertiary/aromatic N) is 2. The van der Waals surface area contributed by atoms with Gasteiger partial charge in [0.15, 0.2) is 0 Å². The fourth-order valence-electron chi connectivity index (χ4n) is 3.54. The first-order valence-electron chi connectivity index (χ1n) is 8.90. The van der Waals surface area contributed by atoms with Gasteiger partial charge in [-0.3, -0.25) is 4.79 Å². The molecule has 4 N–H and O–H groups in total. The Morgan fingerprint density at radius 2 is 2.00 bits per heavy atom. The van der Waals surface area contributed by atoms with Crippen molar-refractivity contribution in [3.63, 3.8) is 0 Å². The van der Waals surface area contributed by atoms with E-state index in [-0.39, 0.29) is 28.6 Å². The maximum absolute atomic E-state index is 12.6. The Kier molecular flexibility index (Phi) is 6.43. The highest BCUT2D eigenvalue weighted by Gasteiger charge is 2.39. The molecule has 26 heavy (non-hydrogen) atoms. The van der Waals surface area contributed by atoms with Crippen molar-refractivity contribution in [1.82, 2.24) is 10.2 Å². The van der Waals surface area contributed by atoms with Crippen LogP contribution in [0.25, 0.3) is 0 Å². The number of amidine groups is 1. The Morgan fingerprint density at radius 1 is 1.35 bits per heavy atom. The van der Waals surface area contributed by atoms with Crippen LogP contribution in [0, 0.1) is 10.8 Å². The van der Waals surface area contributed by atoms with E-state index >= 15 is 0 Å².